The van der Waals surface area contributed by atoms with Crippen molar-refractivity contribution >= 4 is 21.6 Å². The van der Waals surface area contributed by atoms with Crippen molar-refractivity contribution < 1.29 is 17.9 Å². The molecular weight excluding hydrogens is 302 g/mol. The lowest BCUT2D eigenvalue weighted by Crippen LogP contribution is -2.42. The van der Waals surface area contributed by atoms with Gasteiger partial charge in [0.25, 0.3) is 0 Å². The molecule has 0 saturated carbocycles. The highest BCUT2D eigenvalue weighted by atomic mass is 32.2. The summed E-state index contributed by atoms with van der Waals surface area (Å²) in [6.45, 7) is 5.97. The molecule has 0 aliphatic carbocycles. The summed E-state index contributed by atoms with van der Waals surface area (Å²) in [6.07, 6.45) is 0.763. The van der Waals surface area contributed by atoms with Crippen LogP contribution in [0.4, 0.5) is 10.5 Å². The fraction of sp³-hybridized carbons (Fsp3) is 0.562. The number of carbonyl (C=O) groups excluding carboxylic acids is 1. The van der Waals surface area contributed by atoms with Crippen molar-refractivity contribution in [3.8, 4) is 0 Å². The average Bonchev–Trinajstić information content (AvgIpc) is 2.81. The fourth-order valence-electron chi connectivity index (χ4n) is 2.94. The predicted octanol–water partition coefficient (Wildman–Crippen LogP) is 2.71. The van der Waals surface area contributed by atoms with Gasteiger partial charge in [-0.2, -0.15) is 0 Å². The summed E-state index contributed by atoms with van der Waals surface area (Å²) in [5, 5.41) is 0. The Morgan fingerprint density at radius 2 is 2.09 bits per heavy atom. The van der Waals surface area contributed by atoms with Crippen LogP contribution in [0, 0.1) is 6.92 Å². The Kier molecular flexibility index (Phi) is 5.11. The number of sulfone groups is 1. The van der Waals surface area contributed by atoms with Crippen LogP contribution in [0.15, 0.2) is 18.2 Å². The second-order valence-corrected chi connectivity index (χ2v) is 7.79. The third-order valence-corrected chi connectivity index (χ3v) is 5.73. The molecule has 0 spiro atoms. The van der Waals surface area contributed by atoms with E-state index in [-0.39, 0.29) is 24.2 Å². The number of aryl methyl sites for hydroxylation is 2. The Bertz CT molecular complexity index is 654. The SMILES string of the molecule is CCOC(=O)N(c1c(C)cccc1CC)C1CCS(=O)(=O)C1. The second kappa shape index (κ2) is 6.69. The van der Waals surface area contributed by atoms with Gasteiger partial charge in [0, 0.05) is 0 Å². The number of benzene rings is 1. The van der Waals surface area contributed by atoms with Gasteiger partial charge in [-0.1, -0.05) is 25.1 Å². The minimum absolute atomic E-state index is 0.00328. The summed E-state index contributed by atoms with van der Waals surface area (Å²) in [4.78, 5) is 14.0. The molecule has 1 saturated heterocycles. The van der Waals surface area contributed by atoms with Crippen molar-refractivity contribution in [2.24, 2.45) is 0 Å². The van der Waals surface area contributed by atoms with Crippen molar-refractivity contribution in [2.75, 3.05) is 23.0 Å². The van der Waals surface area contributed by atoms with Crippen LogP contribution < -0.4 is 4.90 Å². The molecule has 1 atom stereocenters. The van der Waals surface area contributed by atoms with Crippen molar-refractivity contribution in [1.82, 2.24) is 0 Å². The van der Waals surface area contributed by atoms with Crippen molar-refractivity contribution in [2.45, 2.75) is 39.7 Å². The fourth-order valence-corrected chi connectivity index (χ4v) is 4.64. The van der Waals surface area contributed by atoms with Gasteiger partial charge < -0.3 is 4.74 Å². The highest BCUT2D eigenvalue weighted by Crippen LogP contribution is 2.31. The number of ether oxygens (including phenoxy) is 1. The van der Waals surface area contributed by atoms with Crippen LogP contribution in [0.1, 0.15) is 31.4 Å². The monoisotopic (exact) mass is 325 g/mol. The number of nitrogens with zero attached hydrogens (tertiary/aromatic N) is 1. The van der Waals surface area contributed by atoms with E-state index in [1.807, 2.05) is 32.0 Å². The largest absolute Gasteiger partial charge is 0.449 e. The quantitative estimate of drug-likeness (QED) is 0.854. The van der Waals surface area contributed by atoms with Crippen molar-refractivity contribution in [3.63, 3.8) is 0 Å². The van der Waals surface area contributed by atoms with Gasteiger partial charge in [0.2, 0.25) is 0 Å². The van der Waals surface area contributed by atoms with E-state index in [0.717, 1.165) is 23.2 Å². The number of para-hydroxylation sites is 1. The van der Waals surface area contributed by atoms with Gasteiger partial charge in [0.1, 0.15) is 0 Å². The van der Waals surface area contributed by atoms with E-state index in [9.17, 15) is 13.2 Å². The van der Waals surface area contributed by atoms with Crippen molar-refractivity contribution in [1.29, 1.82) is 0 Å². The zero-order valence-electron chi connectivity index (χ0n) is 13.3. The smallest absolute Gasteiger partial charge is 0.414 e. The summed E-state index contributed by atoms with van der Waals surface area (Å²) < 4.78 is 28.8. The summed E-state index contributed by atoms with van der Waals surface area (Å²) in [5.74, 6) is 0.129. The van der Waals surface area contributed by atoms with Gasteiger partial charge in [-0.3, -0.25) is 4.90 Å². The Labute approximate surface area is 132 Å². The first-order valence-electron chi connectivity index (χ1n) is 7.64. The standard InChI is InChI=1S/C16H23NO4S/c1-4-13-8-6-7-12(3)15(13)17(16(18)21-5-2)14-9-10-22(19,20)11-14/h6-8,14H,4-5,9-11H2,1-3H3. The lowest BCUT2D eigenvalue weighted by Gasteiger charge is -2.30. The molecule has 6 heteroatoms. The Balaban J connectivity index is 2.48. The zero-order valence-corrected chi connectivity index (χ0v) is 14.1. The van der Waals surface area contributed by atoms with Gasteiger partial charge in [0.05, 0.1) is 29.8 Å². The number of rotatable bonds is 4. The molecule has 1 unspecified atom stereocenters. The zero-order chi connectivity index (χ0) is 16.3. The highest BCUT2D eigenvalue weighted by molar-refractivity contribution is 7.91. The van der Waals surface area contributed by atoms with Gasteiger partial charge >= 0.3 is 6.09 Å². The van der Waals surface area contributed by atoms with Crippen LogP contribution in [0.3, 0.4) is 0 Å². The number of hydrogen-bond acceptors (Lipinski definition) is 4. The summed E-state index contributed by atoms with van der Waals surface area (Å²) in [7, 11) is -3.08. The Hall–Kier alpha value is -1.56. The molecule has 0 aromatic heterocycles. The highest BCUT2D eigenvalue weighted by Gasteiger charge is 2.37. The minimum Gasteiger partial charge on any atom is -0.449 e. The van der Waals surface area contributed by atoms with E-state index >= 15 is 0 Å². The van der Waals surface area contributed by atoms with Crippen molar-refractivity contribution in [3.05, 3.63) is 29.3 Å². The predicted molar refractivity (Wildman–Crippen MR) is 87.1 cm³/mol. The van der Waals surface area contributed by atoms with E-state index < -0.39 is 15.9 Å². The first-order chi connectivity index (χ1) is 10.4. The average molecular weight is 325 g/mol. The minimum atomic E-state index is -3.08. The second-order valence-electron chi connectivity index (χ2n) is 5.56. The first kappa shape index (κ1) is 16.8. The molecule has 2 rings (SSSR count). The van der Waals surface area contributed by atoms with Crippen LogP contribution >= 0.6 is 0 Å². The van der Waals surface area contributed by atoms with Crippen LogP contribution in [-0.4, -0.2) is 38.7 Å². The van der Waals surface area contributed by atoms with E-state index in [1.165, 1.54) is 0 Å². The van der Waals surface area contributed by atoms with Gasteiger partial charge in [-0.25, -0.2) is 13.2 Å². The molecule has 5 nitrogen and oxygen atoms in total. The maximum atomic E-state index is 12.5. The molecule has 0 bridgehead atoms. The third kappa shape index (κ3) is 3.43. The molecule has 1 fully saturated rings. The molecule has 1 amide bonds. The number of anilines is 1. The van der Waals surface area contributed by atoms with Gasteiger partial charge in [-0.05, 0) is 37.8 Å². The molecule has 22 heavy (non-hydrogen) atoms. The molecule has 0 radical (unpaired) electrons. The number of amides is 1. The number of hydrogen-bond donors (Lipinski definition) is 0. The van der Waals surface area contributed by atoms with Crippen LogP contribution in [0.25, 0.3) is 0 Å². The van der Waals surface area contributed by atoms with E-state index in [2.05, 4.69) is 0 Å². The summed E-state index contributed by atoms with van der Waals surface area (Å²) >= 11 is 0. The molecule has 122 valence electrons. The molecule has 1 heterocycles. The normalized spacial score (nSPS) is 19.9. The molecule has 0 N–H and O–H groups in total. The van der Waals surface area contributed by atoms with E-state index in [4.69, 9.17) is 4.74 Å². The third-order valence-electron chi connectivity index (χ3n) is 3.98. The molecule has 1 aliphatic heterocycles. The van der Waals surface area contributed by atoms with Crippen LogP contribution in [0.2, 0.25) is 0 Å². The molecular formula is C16H23NO4S. The lowest BCUT2D eigenvalue weighted by molar-refractivity contribution is 0.157. The van der Waals surface area contributed by atoms with Gasteiger partial charge in [-0.15, -0.1) is 0 Å². The summed E-state index contributed by atoms with van der Waals surface area (Å²) in [5.41, 5.74) is 2.78. The lowest BCUT2D eigenvalue weighted by atomic mass is 10.0. The molecule has 1 aromatic rings. The Morgan fingerprint density at radius 3 is 2.64 bits per heavy atom. The van der Waals surface area contributed by atoms with Gasteiger partial charge in [0.15, 0.2) is 9.84 Å². The number of carbonyl (C=O) groups is 1. The molecule has 1 aliphatic rings. The van der Waals surface area contributed by atoms with Crippen LogP contribution in [0.5, 0.6) is 0 Å². The van der Waals surface area contributed by atoms with E-state index in [0.29, 0.717) is 6.42 Å². The first-order valence-corrected chi connectivity index (χ1v) is 9.46. The summed E-state index contributed by atoms with van der Waals surface area (Å²) in [6, 6.07) is 5.50. The molecule has 1 aromatic carbocycles. The maximum Gasteiger partial charge on any atom is 0.414 e. The maximum absolute atomic E-state index is 12.5. The topological polar surface area (TPSA) is 63.7 Å². The van der Waals surface area contributed by atoms with Crippen LogP contribution in [-0.2, 0) is 21.0 Å². The Morgan fingerprint density at radius 1 is 1.36 bits per heavy atom. The van der Waals surface area contributed by atoms with E-state index in [1.54, 1.807) is 11.8 Å².